The maximum atomic E-state index is 13.1. The molecule has 3 N–H and O–H groups in total. The number of halogens is 1. The molecule has 1 aromatic rings. The van der Waals surface area contributed by atoms with Crippen LogP contribution >= 0.6 is 0 Å². The van der Waals surface area contributed by atoms with Crippen LogP contribution in [0.25, 0.3) is 5.57 Å². The van der Waals surface area contributed by atoms with E-state index in [1.165, 1.54) is 13.8 Å². The van der Waals surface area contributed by atoms with Gasteiger partial charge in [-0.1, -0.05) is 30.3 Å². The quantitative estimate of drug-likeness (QED) is 0.503. The van der Waals surface area contributed by atoms with E-state index in [1.807, 2.05) is 24.3 Å². The van der Waals surface area contributed by atoms with Crippen molar-refractivity contribution >= 4 is 23.5 Å². The van der Waals surface area contributed by atoms with Crippen LogP contribution in [0.3, 0.4) is 0 Å². The molecular weight excluding hydrogens is 439 g/mol. The van der Waals surface area contributed by atoms with Crippen LogP contribution in [-0.4, -0.2) is 61.1 Å². The molecule has 2 aliphatic rings. The van der Waals surface area contributed by atoms with E-state index in [9.17, 15) is 18.8 Å². The van der Waals surface area contributed by atoms with Gasteiger partial charge in [-0.15, -0.1) is 6.58 Å². The summed E-state index contributed by atoms with van der Waals surface area (Å²) in [7, 11) is 0. The summed E-state index contributed by atoms with van der Waals surface area (Å²) in [4.78, 5) is 34.9. The summed E-state index contributed by atoms with van der Waals surface area (Å²) in [5, 5.41) is 8.72. The van der Waals surface area contributed by atoms with Gasteiger partial charge in [-0.05, 0) is 43.4 Å². The predicted molar refractivity (Wildman–Crippen MR) is 129 cm³/mol. The van der Waals surface area contributed by atoms with Crippen LogP contribution in [0.5, 0.6) is 0 Å². The molecule has 9 heteroatoms. The van der Waals surface area contributed by atoms with Crippen molar-refractivity contribution in [1.82, 2.24) is 20.9 Å². The summed E-state index contributed by atoms with van der Waals surface area (Å²) < 4.78 is 18.1. The summed E-state index contributed by atoms with van der Waals surface area (Å²) in [6, 6.07) is 7.66. The molecule has 3 rings (SSSR count). The van der Waals surface area contributed by atoms with Gasteiger partial charge in [0.15, 0.2) is 0 Å². The third kappa shape index (κ3) is 8.62. The molecule has 186 valence electrons. The number of hydrogen-bond acceptors (Lipinski definition) is 5. The Morgan fingerprint density at radius 3 is 2.56 bits per heavy atom. The van der Waals surface area contributed by atoms with Gasteiger partial charge in [-0.3, -0.25) is 9.59 Å². The largest absolute Gasteiger partial charge is 0.442 e. The number of benzene rings is 1. The van der Waals surface area contributed by atoms with Crippen molar-refractivity contribution in [2.24, 2.45) is 0 Å². The van der Waals surface area contributed by atoms with Crippen molar-refractivity contribution in [3.8, 4) is 0 Å². The van der Waals surface area contributed by atoms with Crippen molar-refractivity contribution in [3.63, 3.8) is 0 Å². The number of nitrogens with zero attached hydrogens (tertiary/aromatic N) is 1. The number of ether oxygens (including phenoxy) is 1. The minimum atomic E-state index is -0.347. The van der Waals surface area contributed by atoms with Crippen molar-refractivity contribution in [2.45, 2.75) is 52.3 Å². The van der Waals surface area contributed by atoms with E-state index in [-0.39, 0.29) is 35.9 Å². The van der Waals surface area contributed by atoms with E-state index < -0.39 is 0 Å². The SMILES string of the molecule is C/C(F)=C(\C)c1ccc(CNC2CCCNC2=O)cc1.C=CCN1CC(CNC(C)=O)OC1=O. The topological polar surface area (TPSA) is 99.8 Å². The molecule has 2 unspecified atom stereocenters. The fourth-order valence-electron chi connectivity index (χ4n) is 3.52. The van der Waals surface area contributed by atoms with E-state index in [0.29, 0.717) is 31.8 Å². The highest BCUT2D eigenvalue weighted by Crippen LogP contribution is 2.19. The molecule has 2 heterocycles. The molecule has 2 fully saturated rings. The molecular formula is C25H35FN4O4. The van der Waals surface area contributed by atoms with Gasteiger partial charge < -0.3 is 25.6 Å². The highest BCUT2D eigenvalue weighted by molar-refractivity contribution is 5.82. The number of rotatable bonds is 8. The van der Waals surface area contributed by atoms with Crippen molar-refractivity contribution in [1.29, 1.82) is 0 Å². The van der Waals surface area contributed by atoms with Gasteiger partial charge in [0.05, 0.1) is 19.1 Å². The van der Waals surface area contributed by atoms with E-state index >= 15 is 0 Å². The Labute approximate surface area is 200 Å². The molecule has 2 atom stereocenters. The summed E-state index contributed by atoms with van der Waals surface area (Å²) in [5.74, 6) is -0.197. The van der Waals surface area contributed by atoms with E-state index in [2.05, 4.69) is 22.5 Å². The second kappa shape index (κ2) is 13.5. The zero-order chi connectivity index (χ0) is 25.1. The molecule has 0 aromatic heterocycles. The van der Waals surface area contributed by atoms with Gasteiger partial charge in [0.1, 0.15) is 11.9 Å². The number of cyclic esters (lactones) is 1. The van der Waals surface area contributed by atoms with Crippen molar-refractivity contribution < 1.29 is 23.5 Å². The van der Waals surface area contributed by atoms with E-state index in [4.69, 9.17) is 4.74 Å². The Balaban J connectivity index is 0.000000257. The average molecular weight is 475 g/mol. The lowest BCUT2D eigenvalue weighted by Gasteiger charge is -2.22. The smallest absolute Gasteiger partial charge is 0.410 e. The number of carbonyl (C=O) groups excluding carboxylic acids is 3. The molecule has 0 saturated carbocycles. The molecule has 2 saturated heterocycles. The predicted octanol–water partition coefficient (Wildman–Crippen LogP) is 2.90. The van der Waals surface area contributed by atoms with Crippen molar-refractivity contribution in [3.05, 3.63) is 53.9 Å². The standard InChI is InChI=1S/C16H21FN2O.C9H14N2O3/c1-11(12(2)17)14-7-5-13(6-8-14)10-19-15-4-3-9-18-16(15)20;1-3-4-11-6-8(14-9(11)13)5-10-7(2)12/h5-8,15,19H,3-4,9-10H2,1-2H3,(H,18,20);3,8H,1,4-6H2,2H3,(H,10,12)/b12-11-;. The summed E-state index contributed by atoms with van der Waals surface area (Å²) in [5.41, 5.74) is 2.65. The molecule has 0 radical (unpaired) electrons. The molecule has 8 nitrogen and oxygen atoms in total. The van der Waals surface area contributed by atoms with Gasteiger partial charge in [-0.2, -0.15) is 0 Å². The second-order valence-corrected chi connectivity index (χ2v) is 8.36. The number of hydrogen-bond donors (Lipinski definition) is 3. The monoisotopic (exact) mass is 474 g/mol. The first-order valence-electron chi connectivity index (χ1n) is 11.5. The van der Waals surface area contributed by atoms with Crippen LogP contribution in [0.2, 0.25) is 0 Å². The lowest BCUT2D eigenvalue weighted by molar-refractivity contribution is -0.124. The molecule has 0 spiro atoms. The number of allylic oxidation sites excluding steroid dienone is 2. The summed E-state index contributed by atoms with van der Waals surface area (Å²) >= 11 is 0. The Kier molecular flexibility index (Phi) is 10.7. The van der Waals surface area contributed by atoms with Gasteiger partial charge in [-0.25, -0.2) is 9.18 Å². The second-order valence-electron chi connectivity index (χ2n) is 8.36. The van der Waals surface area contributed by atoms with Gasteiger partial charge in [0.25, 0.3) is 0 Å². The van der Waals surface area contributed by atoms with Gasteiger partial charge in [0, 0.05) is 26.6 Å². The number of nitrogens with one attached hydrogen (secondary N) is 3. The van der Waals surface area contributed by atoms with Crippen LogP contribution in [-0.2, 0) is 20.9 Å². The Morgan fingerprint density at radius 1 is 1.26 bits per heavy atom. The number of amides is 3. The van der Waals surface area contributed by atoms with Crippen molar-refractivity contribution in [2.75, 3.05) is 26.2 Å². The Morgan fingerprint density at radius 2 is 1.97 bits per heavy atom. The third-order valence-corrected chi connectivity index (χ3v) is 5.62. The highest BCUT2D eigenvalue weighted by Gasteiger charge is 2.30. The zero-order valence-electron chi connectivity index (χ0n) is 20.2. The maximum Gasteiger partial charge on any atom is 0.410 e. The minimum absolute atomic E-state index is 0.0831. The fourth-order valence-corrected chi connectivity index (χ4v) is 3.52. The molecule has 0 bridgehead atoms. The highest BCUT2D eigenvalue weighted by atomic mass is 19.1. The molecule has 1 aromatic carbocycles. The molecule has 0 aliphatic carbocycles. The number of carbonyl (C=O) groups is 3. The van der Waals surface area contributed by atoms with Gasteiger partial charge >= 0.3 is 6.09 Å². The zero-order valence-corrected chi connectivity index (χ0v) is 20.2. The Hall–Kier alpha value is -3.20. The lowest BCUT2D eigenvalue weighted by atomic mass is 10.0. The average Bonchev–Trinajstić information content (AvgIpc) is 3.17. The first-order valence-corrected chi connectivity index (χ1v) is 11.5. The van der Waals surface area contributed by atoms with Crippen LogP contribution in [0.1, 0.15) is 44.7 Å². The van der Waals surface area contributed by atoms with Gasteiger partial charge in [0.2, 0.25) is 11.8 Å². The van der Waals surface area contributed by atoms with Crippen LogP contribution in [0.15, 0.2) is 42.7 Å². The first-order chi connectivity index (χ1) is 16.2. The van der Waals surface area contributed by atoms with Crippen LogP contribution < -0.4 is 16.0 Å². The maximum absolute atomic E-state index is 13.1. The minimum Gasteiger partial charge on any atom is -0.442 e. The fraction of sp³-hybridized carbons (Fsp3) is 0.480. The van der Waals surface area contributed by atoms with Crippen LogP contribution in [0.4, 0.5) is 9.18 Å². The molecule has 3 amide bonds. The van der Waals surface area contributed by atoms with Crippen LogP contribution in [0, 0.1) is 0 Å². The molecule has 2 aliphatic heterocycles. The summed E-state index contributed by atoms with van der Waals surface area (Å²) in [6.45, 7) is 11.0. The summed E-state index contributed by atoms with van der Waals surface area (Å²) in [6.07, 6.45) is 2.95. The molecule has 34 heavy (non-hydrogen) atoms. The Bertz CT molecular complexity index is 897. The van der Waals surface area contributed by atoms with E-state index in [1.54, 1.807) is 17.9 Å². The third-order valence-electron chi connectivity index (χ3n) is 5.62. The normalized spacial score (nSPS) is 20.4. The first kappa shape index (κ1) is 27.0. The number of piperidine rings is 1. The van der Waals surface area contributed by atoms with E-state index in [0.717, 1.165) is 30.5 Å². The lowest BCUT2D eigenvalue weighted by Crippen LogP contribution is -2.47.